The summed E-state index contributed by atoms with van der Waals surface area (Å²) in [6, 6.07) is 2.52. The lowest BCUT2D eigenvalue weighted by Crippen LogP contribution is -2.41. The molecule has 0 unspecified atom stereocenters. The molecule has 0 fully saturated rings. The molecule has 0 saturated carbocycles. The first-order valence-electron chi connectivity index (χ1n) is 5.97. The Kier molecular flexibility index (Phi) is 5.53. The predicted molar refractivity (Wildman–Crippen MR) is 70.4 cm³/mol. The molecule has 1 rings (SSSR count). The smallest absolute Gasteiger partial charge is 0.326 e. The molecule has 114 valence electrons. The van der Waals surface area contributed by atoms with Gasteiger partial charge in [-0.25, -0.2) is 4.79 Å². The van der Waals surface area contributed by atoms with Gasteiger partial charge in [0.25, 0.3) is 5.91 Å². The number of hydrogen-bond acceptors (Lipinski definition) is 5. The fourth-order valence-electron chi connectivity index (χ4n) is 1.60. The standard InChI is InChI=1S/C13H15NO7/c1-21-10-4-2-7(6-9(10)15)12(18)14-8(13(19)20)3-5-11(16)17/h2,4,6,8,15H,3,5H2,1H3,(H,14,18)(H,16,17)(H,19,20)/t8-/m0/s1. The molecule has 1 atom stereocenters. The zero-order valence-electron chi connectivity index (χ0n) is 11.2. The number of hydrogen-bond donors (Lipinski definition) is 4. The Morgan fingerprint density at radius 1 is 1.29 bits per heavy atom. The third kappa shape index (κ3) is 4.68. The molecule has 1 amide bonds. The van der Waals surface area contributed by atoms with Crippen LogP contribution in [0.25, 0.3) is 0 Å². The number of amides is 1. The van der Waals surface area contributed by atoms with Crippen LogP contribution in [-0.4, -0.2) is 46.3 Å². The fourth-order valence-corrected chi connectivity index (χ4v) is 1.60. The van der Waals surface area contributed by atoms with E-state index in [1.54, 1.807) is 0 Å². The van der Waals surface area contributed by atoms with Crippen LogP contribution in [0.15, 0.2) is 18.2 Å². The fraction of sp³-hybridized carbons (Fsp3) is 0.308. The summed E-state index contributed by atoms with van der Waals surface area (Å²) in [5, 5.41) is 29.2. The van der Waals surface area contributed by atoms with Crippen LogP contribution >= 0.6 is 0 Å². The molecule has 1 aromatic carbocycles. The molecule has 8 nitrogen and oxygen atoms in total. The molecular formula is C13H15NO7. The van der Waals surface area contributed by atoms with E-state index >= 15 is 0 Å². The van der Waals surface area contributed by atoms with Gasteiger partial charge in [-0.05, 0) is 24.6 Å². The second-order valence-corrected chi connectivity index (χ2v) is 4.18. The number of aliphatic carboxylic acids is 2. The summed E-state index contributed by atoms with van der Waals surface area (Å²) in [6.07, 6.45) is -0.621. The number of aromatic hydroxyl groups is 1. The molecule has 0 heterocycles. The van der Waals surface area contributed by atoms with Crippen LogP contribution in [0.3, 0.4) is 0 Å². The number of carbonyl (C=O) groups is 3. The van der Waals surface area contributed by atoms with Crippen molar-refractivity contribution in [2.45, 2.75) is 18.9 Å². The summed E-state index contributed by atoms with van der Waals surface area (Å²) in [7, 11) is 1.35. The van der Waals surface area contributed by atoms with Crippen LogP contribution in [-0.2, 0) is 9.59 Å². The lowest BCUT2D eigenvalue weighted by Gasteiger charge is -2.14. The highest BCUT2D eigenvalue weighted by molar-refractivity contribution is 5.97. The second-order valence-electron chi connectivity index (χ2n) is 4.18. The van der Waals surface area contributed by atoms with Crippen molar-refractivity contribution in [1.29, 1.82) is 0 Å². The first-order chi connectivity index (χ1) is 9.85. The molecule has 8 heteroatoms. The van der Waals surface area contributed by atoms with Crippen LogP contribution in [0.4, 0.5) is 0 Å². The van der Waals surface area contributed by atoms with E-state index in [4.69, 9.17) is 14.9 Å². The van der Waals surface area contributed by atoms with E-state index in [9.17, 15) is 19.5 Å². The van der Waals surface area contributed by atoms with Crippen molar-refractivity contribution in [3.8, 4) is 11.5 Å². The third-order valence-corrected chi connectivity index (χ3v) is 2.69. The normalized spacial score (nSPS) is 11.5. The quantitative estimate of drug-likeness (QED) is 0.574. The van der Waals surface area contributed by atoms with Crippen LogP contribution in [0.5, 0.6) is 11.5 Å². The van der Waals surface area contributed by atoms with E-state index in [0.717, 1.165) is 6.07 Å². The minimum absolute atomic E-state index is 0.0369. The third-order valence-electron chi connectivity index (χ3n) is 2.69. The van der Waals surface area contributed by atoms with Gasteiger partial charge in [0.15, 0.2) is 11.5 Å². The summed E-state index contributed by atoms with van der Waals surface area (Å²) < 4.78 is 4.82. The molecule has 0 radical (unpaired) electrons. The molecule has 0 spiro atoms. The minimum Gasteiger partial charge on any atom is -0.504 e. The Bertz CT molecular complexity index is 555. The average Bonchev–Trinajstić information content (AvgIpc) is 2.42. The molecule has 0 aliphatic rings. The number of ether oxygens (including phenoxy) is 1. The number of methoxy groups -OCH3 is 1. The Balaban J connectivity index is 2.79. The van der Waals surface area contributed by atoms with E-state index in [0.29, 0.717) is 0 Å². The zero-order valence-corrected chi connectivity index (χ0v) is 11.2. The topological polar surface area (TPSA) is 133 Å². The van der Waals surface area contributed by atoms with Crippen molar-refractivity contribution in [3.63, 3.8) is 0 Å². The highest BCUT2D eigenvalue weighted by atomic mass is 16.5. The van der Waals surface area contributed by atoms with Gasteiger partial charge in [0.1, 0.15) is 6.04 Å². The molecule has 21 heavy (non-hydrogen) atoms. The Morgan fingerprint density at radius 3 is 2.43 bits per heavy atom. The van der Waals surface area contributed by atoms with E-state index in [-0.39, 0.29) is 29.9 Å². The van der Waals surface area contributed by atoms with Gasteiger partial charge in [0, 0.05) is 12.0 Å². The van der Waals surface area contributed by atoms with Crippen molar-refractivity contribution in [3.05, 3.63) is 23.8 Å². The first-order valence-corrected chi connectivity index (χ1v) is 5.97. The molecular weight excluding hydrogens is 282 g/mol. The predicted octanol–water partition coefficient (Wildman–Crippen LogP) is 0.449. The van der Waals surface area contributed by atoms with Crippen LogP contribution in [0.1, 0.15) is 23.2 Å². The van der Waals surface area contributed by atoms with Crippen molar-refractivity contribution in [1.82, 2.24) is 5.32 Å². The molecule has 0 bridgehead atoms. The highest BCUT2D eigenvalue weighted by Gasteiger charge is 2.22. The monoisotopic (exact) mass is 297 g/mol. The van der Waals surface area contributed by atoms with Gasteiger partial charge in [-0.3, -0.25) is 9.59 Å². The number of rotatable bonds is 7. The van der Waals surface area contributed by atoms with Crippen LogP contribution in [0.2, 0.25) is 0 Å². The Hall–Kier alpha value is -2.77. The summed E-state index contributed by atoms with van der Waals surface area (Å²) >= 11 is 0. The SMILES string of the molecule is COc1ccc(C(=O)N[C@@H](CCC(=O)O)C(=O)O)cc1O. The van der Waals surface area contributed by atoms with Crippen LogP contribution in [0, 0.1) is 0 Å². The lowest BCUT2D eigenvalue weighted by atomic mass is 10.1. The number of benzene rings is 1. The minimum atomic E-state index is -1.33. The zero-order chi connectivity index (χ0) is 16.0. The van der Waals surface area contributed by atoms with Gasteiger partial charge < -0.3 is 25.4 Å². The molecule has 0 aromatic heterocycles. The van der Waals surface area contributed by atoms with Crippen molar-refractivity contribution in [2.75, 3.05) is 7.11 Å². The number of carbonyl (C=O) groups excluding carboxylic acids is 1. The Labute approximate surface area is 120 Å². The molecule has 0 aliphatic carbocycles. The lowest BCUT2D eigenvalue weighted by molar-refractivity contribution is -0.140. The Morgan fingerprint density at radius 2 is 1.95 bits per heavy atom. The van der Waals surface area contributed by atoms with Gasteiger partial charge in [-0.2, -0.15) is 0 Å². The van der Waals surface area contributed by atoms with Gasteiger partial charge in [0.2, 0.25) is 0 Å². The average molecular weight is 297 g/mol. The van der Waals surface area contributed by atoms with Gasteiger partial charge in [0.05, 0.1) is 7.11 Å². The summed E-state index contributed by atoms with van der Waals surface area (Å²) in [5.41, 5.74) is 0.0369. The van der Waals surface area contributed by atoms with E-state index < -0.39 is 23.9 Å². The number of phenolic OH excluding ortho intramolecular Hbond substituents is 1. The van der Waals surface area contributed by atoms with E-state index in [2.05, 4.69) is 5.32 Å². The van der Waals surface area contributed by atoms with Crippen molar-refractivity contribution >= 4 is 17.8 Å². The number of carboxylic acids is 2. The molecule has 1 aromatic rings. The van der Waals surface area contributed by atoms with Gasteiger partial charge in [-0.1, -0.05) is 0 Å². The first kappa shape index (κ1) is 16.3. The summed E-state index contributed by atoms with van der Waals surface area (Å²) in [4.78, 5) is 33.3. The van der Waals surface area contributed by atoms with Crippen molar-refractivity contribution < 1.29 is 34.4 Å². The number of carboxylic acid groups (broad SMARTS) is 2. The molecule has 4 N–H and O–H groups in total. The summed E-state index contributed by atoms with van der Waals surface area (Å²) in [5.74, 6) is -3.31. The van der Waals surface area contributed by atoms with E-state index in [1.807, 2.05) is 0 Å². The van der Waals surface area contributed by atoms with Gasteiger partial charge >= 0.3 is 11.9 Å². The van der Waals surface area contributed by atoms with E-state index in [1.165, 1.54) is 19.2 Å². The highest BCUT2D eigenvalue weighted by Crippen LogP contribution is 2.26. The number of nitrogens with one attached hydrogen (secondary N) is 1. The maximum Gasteiger partial charge on any atom is 0.326 e. The molecule has 0 saturated heterocycles. The van der Waals surface area contributed by atoms with Crippen LogP contribution < -0.4 is 10.1 Å². The largest absolute Gasteiger partial charge is 0.504 e. The molecule has 0 aliphatic heterocycles. The number of phenols is 1. The van der Waals surface area contributed by atoms with Gasteiger partial charge in [-0.15, -0.1) is 0 Å². The van der Waals surface area contributed by atoms with Crippen molar-refractivity contribution in [2.24, 2.45) is 0 Å². The second kappa shape index (κ2) is 7.13. The maximum absolute atomic E-state index is 11.9. The maximum atomic E-state index is 11.9. The summed E-state index contributed by atoms with van der Waals surface area (Å²) in [6.45, 7) is 0.